The van der Waals surface area contributed by atoms with Crippen molar-refractivity contribution < 1.29 is 19.8 Å². The Bertz CT molecular complexity index is 1340. The topological polar surface area (TPSA) is 102 Å². The summed E-state index contributed by atoms with van der Waals surface area (Å²) in [5.74, 6) is 3.30. The van der Waals surface area contributed by atoms with Gasteiger partial charge in [-0.2, -0.15) is 0 Å². The highest BCUT2D eigenvalue weighted by Gasteiger charge is 2.62. The third-order valence-corrected chi connectivity index (χ3v) is 14.8. The Morgan fingerprint density at radius 1 is 0.732 bits per heavy atom. The Morgan fingerprint density at radius 3 is 1.91 bits per heavy atom. The molecule has 0 radical (unpaired) electrons. The number of hydrogen-bond acceptors (Lipinski definition) is 5. The van der Waals surface area contributed by atoms with Crippen molar-refractivity contribution in [3.05, 3.63) is 60.8 Å². The summed E-state index contributed by atoms with van der Waals surface area (Å²) >= 11 is 0. The molecule has 4 rings (SSSR count). The van der Waals surface area contributed by atoms with E-state index < -0.39 is 0 Å². The van der Waals surface area contributed by atoms with Crippen molar-refractivity contribution in [1.82, 2.24) is 15.5 Å². The van der Waals surface area contributed by atoms with Crippen LogP contribution in [0.5, 0.6) is 0 Å². The van der Waals surface area contributed by atoms with Gasteiger partial charge in [0, 0.05) is 39.0 Å². The van der Waals surface area contributed by atoms with Gasteiger partial charge in [0.25, 0.3) is 0 Å². The summed E-state index contributed by atoms with van der Waals surface area (Å²) in [6.45, 7) is 12.3. The number of unbranched alkanes of at least 4 members (excludes halogenated alkanes) is 1. The highest BCUT2D eigenvalue weighted by atomic mass is 16.3. The van der Waals surface area contributed by atoms with Crippen molar-refractivity contribution >= 4 is 11.8 Å². The van der Waals surface area contributed by atoms with Gasteiger partial charge in [0.1, 0.15) is 0 Å². The Hall–Kier alpha value is -2.48. The number of carbonyl (C=O) groups excluding carboxylic acids is 2. The van der Waals surface area contributed by atoms with E-state index in [2.05, 4.69) is 104 Å². The lowest BCUT2D eigenvalue weighted by atomic mass is 9.43. The van der Waals surface area contributed by atoms with Crippen LogP contribution < -0.4 is 10.6 Å². The number of hydrogen-bond donors (Lipinski definition) is 4. The predicted molar refractivity (Wildman–Crippen MR) is 233 cm³/mol. The lowest BCUT2D eigenvalue weighted by Gasteiger charge is -2.62. The van der Waals surface area contributed by atoms with E-state index in [4.69, 9.17) is 0 Å². The molecule has 1 unspecified atom stereocenters. The zero-order valence-electron chi connectivity index (χ0n) is 36.1. The van der Waals surface area contributed by atoms with Crippen molar-refractivity contribution in [2.75, 3.05) is 33.2 Å². The SMILES string of the molecule is CC/C=C/C/C=C/C/C=C/C/C=C/C/C=C/CCCC(=O)NCCN(C)CCNC(=O)CC[C@@H](C)C1CC[C@H]2[C@@H]3[C@H](O)C[C@@H]4C[C@H](O)CC[C@]4(C)[C@H]3CC[C@]12C. The second-order valence-electron chi connectivity index (χ2n) is 18.6. The zero-order chi connectivity index (χ0) is 40.4. The highest BCUT2D eigenvalue weighted by molar-refractivity contribution is 5.76. The van der Waals surface area contributed by atoms with Crippen LogP contribution in [-0.2, 0) is 9.59 Å². The van der Waals surface area contributed by atoms with Crippen molar-refractivity contribution in [3.63, 3.8) is 0 Å². The van der Waals surface area contributed by atoms with Crippen LogP contribution in [0.2, 0.25) is 0 Å². The molecule has 4 N–H and O–H groups in total. The maximum Gasteiger partial charge on any atom is 0.220 e. The van der Waals surface area contributed by atoms with Crippen molar-refractivity contribution in [1.29, 1.82) is 0 Å². The van der Waals surface area contributed by atoms with Gasteiger partial charge >= 0.3 is 0 Å². The zero-order valence-corrected chi connectivity index (χ0v) is 36.1. The minimum Gasteiger partial charge on any atom is -0.393 e. The van der Waals surface area contributed by atoms with Gasteiger partial charge in [0.2, 0.25) is 11.8 Å². The van der Waals surface area contributed by atoms with E-state index in [9.17, 15) is 19.8 Å². The summed E-state index contributed by atoms with van der Waals surface area (Å²) in [4.78, 5) is 27.3. The molecule has 4 aliphatic carbocycles. The molecular formula is C49H81N3O4. The second-order valence-corrected chi connectivity index (χ2v) is 18.6. The third kappa shape index (κ3) is 13.5. The number of amides is 2. The number of carbonyl (C=O) groups is 2. The fraction of sp³-hybridized carbons (Fsp3) is 0.755. The van der Waals surface area contributed by atoms with Gasteiger partial charge in [-0.3, -0.25) is 9.59 Å². The van der Waals surface area contributed by atoms with Gasteiger partial charge < -0.3 is 25.7 Å². The van der Waals surface area contributed by atoms with Gasteiger partial charge in [-0.15, -0.1) is 0 Å². The summed E-state index contributed by atoms with van der Waals surface area (Å²) in [7, 11) is 2.04. The van der Waals surface area contributed by atoms with E-state index in [-0.39, 0.29) is 34.9 Å². The quantitative estimate of drug-likeness (QED) is 0.0612. The van der Waals surface area contributed by atoms with E-state index in [1.165, 1.54) is 25.7 Å². The molecule has 4 fully saturated rings. The smallest absolute Gasteiger partial charge is 0.220 e. The Balaban J connectivity index is 1.01. The van der Waals surface area contributed by atoms with Crippen LogP contribution in [0.25, 0.3) is 0 Å². The fourth-order valence-corrected chi connectivity index (χ4v) is 11.5. The molecule has 0 aromatic heterocycles. The number of allylic oxidation sites excluding steroid dienone is 10. The van der Waals surface area contributed by atoms with Crippen molar-refractivity contribution in [2.45, 2.75) is 155 Å². The molecule has 7 nitrogen and oxygen atoms in total. The summed E-state index contributed by atoms with van der Waals surface area (Å²) < 4.78 is 0. The van der Waals surface area contributed by atoms with Gasteiger partial charge in [0.05, 0.1) is 12.2 Å². The number of fused-ring (bicyclic) bond motifs is 5. The summed E-state index contributed by atoms with van der Waals surface area (Å²) in [5, 5.41) is 28.1. The molecular weight excluding hydrogens is 695 g/mol. The lowest BCUT2D eigenvalue weighted by Crippen LogP contribution is -2.58. The Morgan fingerprint density at radius 2 is 1.29 bits per heavy atom. The summed E-state index contributed by atoms with van der Waals surface area (Å²) in [6, 6.07) is 0. The van der Waals surface area contributed by atoms with Gasteiger partial charge in [-0.25, -0.2) is 0 Å². The number of rotatable bonds is 23. The normalized spacial score (nSPS) is 32.5. The van der Waals surface area contributed by atoms with Crippen LogP contribution in [0.15, 0.2) is 60.8 Å². The standard InChI is InChI=1S/C49H81N3O4/c1-6-7-8-9-10-11-12-13-14-15-16-17-18-19-20-21-22-23-45(55)50-32-34-52(5)35-33-51-46(56)27-24-38(2)41-25-26-42-47-43(29-31-49(41,42)4)48(3)30-28-40(53)36-39(48)37-44(47)54/h7-8,10-11,13-14,16-17,19-20,38-44,47,53-54H,6,9,12,15,18,21-37H2,1-5H3,(H,50,55)(H,51,56)/b8-7+,11-10+,14-13+,17-16+,20-19+/t38-,39+,40-,41?,42+,43+,44-,47+,48+,49-/m1/s1. The molecule has 0 aromatic carbocycles. The minimum atomic E-state index is -0.243. The lowest BCUT2D eigenvalue weighted by molar-refractivity contribution is -0.174. The highest BCUT2D eigenvalue weighted by Crippen LogP contribution is 2.68. The molecule has 0 bridgehead atoms. The van der Waals surface area contributed by atoms with Crippen LogP contribution in [-0.4, -0.2) is 72.4 Å². The van der Waals surface area contributed by atoms with Crippen LogP contribution in [0.1, 0.15) is 143 Å². The van der Waals surface area contributed by atoms with Gasteiger partial charge in [-0.05, 0) is 156 Å². The molecule has 0 aliphatic heterocycles. The van der Waals surface area contributed by atoms with Crippen LogP contribution in [0, 0.1) is 46.3 Å². The molecule has 0 aromatic rings. The van der Waals surface area contributed by atoms with E-state index in [0.29, 0.717) is 61.4 Å². The van der Waals surface area contributed by atoms with Crippen LogP contribution >= 0.6 is 0 Å². The molecule has 2 amide bonds. The molecule has 56 heavy (non-hydrogen) atoms. The number of nitrogens with zero attached hydrogens (tertiary/aromatic N) is 1. The molecule has 4 saturated carbocycles. The number of likely N-dealkylation sites (N-methyl/N-ethyl adjacent to an activating group) is 1. The molecule has 316 valence electrons. The van der Waals surface area contributed by atoms with E-state index in [0.717, 1.165) is 90.1 Å². The Labute approximate surface area is 342 Å². The molecule has 7 heteroatoms. The van der Waals surface area contributed by atoms with Crippen molar-refractivity contribution in [2.24, 2.45) is 46.3 Å². The van der Waals surface area contributed by atoms with Crippen molar-refractivity contribution in [3.8, 4) is 0 Å². The maximum atomic E-state index is 12.9. The molecule has 0 spiro atoms. The first kappa shape index (κ1) is 46.2. The number of nitrogens with one attached hydrogen (secondary N) is 2. The largest absolute Gasteiger partial charge is 0.393 e. The van der Waals surface area contributed by atoms with Gasteiger partial charge in [0.15, 0.2) is 0 Å². The first-order valence-corrected chi connectivity index (χ1v) is 22.8. The fourth-order valence-electron chi connectivity index (χ4n) is 11.5. The average Bonchev–Trinajstić information content (AvgIpc) is 3.53. The molecule has 0 heterocycles. The Kier molecular flexibility index (Phi) is 19.6. The first-order chi connectivity index (χ1) is 27.0. The van der Waals surface area contributed by atoms with Gasteiger partial charge in [-0.1, -0.05) is 88.5 Å². The molecule has 10 atom stereocenters. The predicted octanol–water partition coefficient (Wildman–Crippen LogP) is 9.48. The van der Waals surface area contributed by atoms with Crippen LogP contribution in [0.3, 0.4) is 0 Å². The third-order valence-electron chi connectivity index (χ3n) is 14.8. The summed E-state index contributed by atoms with van der Waals surface area (Å²) in [6.07, 6.45) is 38.9. The maximum absolute atomic E-state index is 12.9. The van der Waals surface area contributed by atoms with E-state index in [1.54, 1.807) is 0 Å². The number of aliphatic hydroxyl groups is 2. The second kappa shape index (κ2) is 23.8. The summed E-state index contributed by atoms with van der Waals surface area (Å²) in [5.41, 5.74) is 0.496. The monoisotopic (exact) mass is 776 g/mol. The molecule has 0 saturated heterocycles. The number of aliphatic hydroxyl groups excluding tert-OH is 2. The molecule has 4 aliphatic rings. The average molecular weight is 776 g/mol. The van der Waals surface area contributed by atoms with E-state index >= 15 is 0 Å². The van der Waals surface area contributed by atoms with Crippen LogP contribution in [0.4, 0.5) is 0 Å². The first-order valence-electron chi connectivity index (χ1n) is 22.8. The van der Waals surface area contributed by atoms with E-state index in [1.807, 2.05) is 7.05 Å². The minimum absolute atomic E-state index is 0.103.